The van der Waals surface area contributed by atoms with Gasteiger partial charge in [-0.15, -0.1) is 0 Å². The molecule has 0 bridgehead atoms. The van der Waals surface area contributed by atoms with Crippen LogP contribution in [-0.4, -0.2) is 28.8 Å². The van der Waals surface area contributed by atoms with Gasteiger partial charge in [-0.1, -0.05) is 0 Å². The molecule has 1 amide bonds. The van der Waals surface area contributed by atoms with Crippen LogP contribution in [0.25, 0.3) is 11.0 Å². The van der Waals surface area contributed by atoms with Crippen molar-refractivity contribution >= 4 is 22.7 Å². The van der Waals surface area contributed by atoms with Gasteiger partial charge in [-0.05, 0) is 50.0 Å². The molecule has 4 rings (SSSR count). The van der Waals surface area contributed by atoms with Gasteiger partial charge < -0.3 is 15.1 Å². The number of carbonyl (C=O) groups is 1. The van der Waals surface area contributed by atoms with E-state index in [1.807, 2.05) is 4.68 Å². The number of halogens is 1. The number of fused-ring (bicyclic) bond motifs is 1. The Balaban J connectivity index is 1.52. The van der Waals surface area contributed by atoms with E-state index in [2.05, 4.69) is 15.7 Å². The molecule has 0 unspecified atom stereocenters. The minimum absolute atomic E-state index is 0.309. The fourth-order valence-corrected chi connectivity index (χ4v) is 3.25. The molecule has 0 spiro atoms. The van der Waals surface area contributed by atoms with Crippen molar-refractivity contribution in [2.75, 3.05) is 18.4 Å². The van der Waals surface area contributed by atoms with Crippen molar-refractivity contribution in [3.63, 3.8) is 0 Å². The second kappa shape index (κ2) is 6.68. The highest BCUT2D eigenvalue weighted by Gasteiger charge is 2.18. The van der Waals surface area contributed by atoms with E-state index in [0.717, 1.165) is 32.5 Å². The molecule has 1 aliphatic rings. The minimum Gasteiger partial charge on any atom is -0.463 e. The maximum absolute atomic E-state index is 13.5. The fourth-order valence-electron chi connectivity index (χ4n) is 3.25. The van der Waals surface area contributed by atoms with Crippen molar-refractivity contribution in [3.05, 3.63) is 48.1 Å². The summed E-state index contributed by atoms with van der Waals surface area (Å²) >= 11 is 0. The Morgan fingerprint density at radius 3 is 3.04 bits per heavy atom. The first-order valence-corrected chi connectivity index (χ1v) is 8.41. The SMILES string of the molecule is O=C(Nc1ccnn1CC1CCNCC1)c1coc2ccc(F)cc12. The molecule has 6 nitrogen and oxygen atoms in total. The average molecular weight is 342 g/mol. The average Bonchev–Trinajstić information content (AvgIpc) is 3.22. The molecule has 2 N–H and O–H groups in total. The Bertz CT molecular complexity index is 896. The van der Waals surface area contributed by atoms with Gasteiger partial charge in [0.2, 0.25) is 0 Å². The quantitative estimate of drug-likeness (QED) is 0.764. The van der Waals surface area contributed by atoms with Crippen molar-refractivity contribution in [2.24, 2.45) is 5.92 Å². The van der Waals surface area contributed by atoms with Gasteiger partial charge in [0, 0.05) is 18.0 Å². The molecule has 3 aromatic rings. The summed E-state index contributed by atoms with van der Waals surface area (Å²) in [5, 5.41) is 11.0. The molecule has 25 heavy (non-hydrogen) atoms. The van der Waals surface area contributed by atoms with Crippen molar-refractivity contribution in [2.45, 2.75) is 19.4 Å². The van der Waals surface area contributed by atoms with Crippen LogP contribution in [0.3, 0.4) is 0 Å². The van der Waals surface area contributed by atoms with Crippen LogP contribution in [-0.2, 0) is 6.54 Å². The largest absolute Gasteiger partial charge is 0.463 e. The summed E-state index contributed by atoms with van der Waals surface area (Å²) in [4.78, 5) is 12.6. The number of anilines is 1. The van der Waals surface area contributed by atoms with Gasteiger partial charge in [0.1, 0.15) is 23.5 Å². The van der Waals surface area contributed by atoms with Crippen LogP contribution in [0.4, 0.5) is 10.2 Å². The van der Waals surface area contributed by atoms with Gasteiger partial charge in [-0.3, -0.25) is 4.79 Å². The topological polar surface area (TPSA) is 72.1 Å². The lowest BCUT2D eigenvalue weighted by atomic mass is 9.98. The predicted molar refractivity (Wildman–Crippen MR) is 91.9 cm³/mol. The number of nitrogens with one attached hydrogen (secondary N) is 2. The summed E-state index contributed by atoms with van der Waals surface area (Å²) in [6.07, 6.45) is 5.22. The van der Waals surface area contributed by atoms with Crippen LogP contribution in [0.15, 0.2) is 41.1 Å². The standard InChI is InChI=1S/C18H19FN4O2/c19-13-1-2-16-14(9-13)15(11-25-16)18(24)22-17-5-8-21-23(17)10-12-3-6-20-7-4-12/h1-2,5,8-9,11-12,20H,3-4,6-7,10H2,(H,22,24). The van der Waals surface area contributed by atoms with Crippen molar-refractivity contribution in [3.8, 4) is 0 Å². The molecule has 130 valence electrons. The molecular formula is C18H19FN4O2. The van der Waals surface area contributed by atoms with Gasteiger partial charge in [0.05, 0.1) is 11.8 Å². The minimum atomic E-state index is -0.404. The number of carbonyl (C=O) groups excluding carboxylic acids is 1. The summed E-state index contributed by atoms with van der Waals surface area (Å²) in [5.41, 5.74) is 0.791. The van der Waals surface area contributed by atoms with E-state index in [9.17, 15) is 9.18 Å². The van der Waals surface area contributed by atoms with Crippen LogP contribution >= 0.6 is 0 Å². The summed E-state index contributed by atoms with van der Waals surface area (Å²) in [6, 6.07) is 5.90. The van der Waals surface area contributed by atoms with Gasteiger partial charge in [-0.25, -0.2) is 9.07 Å². The molecule has 1 aromatic carbocycles. The maximum Gasteiger partial charge on any atom is 0.260 e. The number of rotatable bonds is 4. The Morgan fingerprint density at radius 2 is 2.20 bits per heavy atom. The molecule has 0 atom stereocenters. The van der Waals surface area contributed by atoms with Crippen molar-refractivity contribution in [1.82, 2.24) is 15.1 Å². The second-order valence-corrected chi connectivity index (χ2v) is 6.34. The normalized spacial score (nSPS) is 15.6. The number of furan rings is 1. The molecule has 1 saturated heterocycles. The number of hydrogen-bond acceptors (Lipinski definition) is 4. The molecule has 7 heteroatoms. The number of benzene rings is 1. The first-order chi connectivity index (χ1) is 12.2. The zero-order valence-electron chi connectivity index (χ0n) is 13.7. The van der Waals surface area contributed by atoms with Gasteiger partial charge in [-0.2, -0.15) is 5.10 Å². The Hall–Kier alpha value is -2.67. The third kappa shape index (κ3) is 3.28. The Labute approximate surface area is 144 Å². The van der Waals surface area contributed by atoms with Crippen LogP contribution in [0.1, 0.15) is 23.2 Å². The lowest BCUT2D eigenvalue weighted by molar-refractivity contribution is 0.102. The number of hydrogen-bond donors (Lipinski definition) is 2. The van der Waals surface area contributed by atoms with E-state index in [0.29, 0.717) is 28.3 Å². The number of piperidine rings is 1. The summed E-state index contributed by atoms with van der Waals surface area (Å²) in [5.74, 6) is 0.435. The molecular weight excluding hydrogens is 323 g/mol. The van der Waals surface area contributed by atoms with Gasteiger partial charge in [0.15, 0.2) is 0 Å². The summed E-state index contributed by atoms with van der Waals surface area (Å²) in [7, 11) is 0. The Kier molecular flexibility index (Phi) is 4.23. The first kappa shape index (κ1) is 15.8. The smallest absolute Gasteiger partial charge is 0.260 e. The molecule has 0 aliphatic carbocycles. The Morgan fingerprint density at radius 1 is 1.36 bits per heavy atom. The van der Waals surface area contributed by atoms with Crippen molar-refractivity contribution in [1.29, 1.82) is 0 Å². The zero-order chi connectivity index (χ0) is 17.2. The number of aromatic nitrogens is 2. The highest BCUT2D eigenvalue weighted by atomic mass is 19.1. The molecule has 0 radical (unpaired) electrons. The van der Waals surface area contributed by atoms with E-state index >= 15 is 0 Å². The highest BCUT2D eigenvalue weighted by molar-refractivity contribution is 6.11. The number of amides is 1. The molecule has 3 heterocycles. The summed E-state index contributed by atoms with van der Waals surface area (Å²) in [6.45, 7) is 2.80. The molecule has 1 fully saturated rings. The van der Waals surface area contributed by atoms with Crippen LogP contribution in [0, 0.1) is 11.7 Å². The van der Waals surface area contributed by atoms with Crippen LogP contribution in [0.2, 0.25) is 0 Å². The molecule has 0 saturated carbocycles. The van der Waals surface area contributed by atoms with E-state index in [1.165, 1.54) is 24.5 Å². The van der Waals surface area contributed by atoms with Crippen molar-refractivity contribution < 1.29 is 13.6 Å². The molecule has 1 aliphatic heterocycles. The van der Waals surface area contributed by atoms with E-state index in [4.69, 9.17) is 4.42 Å². The maximum atomic E-state index is 13.5. The monoisotopic (exact) mass is 342 g/mol. The predicted octanol–water partition coefficient (Wildman–Crippen LogP) is 3.02. The van der Waals surface area contributed by atoms with E-state index in [-0.39, 0.29) is 5.91 Å². The first-order valence-electron chi connectivity index (χ1n) is 8.41. The van der Waals surface area contributed by atoms with Crippen LogP contribution in [0.5, 0.6) is 0 Å². The summed E-state index contributed by atoms with van der Waals surface area (Å²) < 4.78 is 20.6. The second-order valence-electron chi connectivity index (χ2n) is 6.34. The van der Waals surface area contributed by atoms with Gasteiger partial charge >= 0.3 is 0 Å². The number of nitrogens with zero attached hydrogens (tertiary/aromatic N) is 2. The van der Waals surface area contributed by atoms with Crippen LogP contribution < -0.4 is 10.6 Å². The highest BCUT2D eigenvalue weighted by Crippen LogP contribution is 2.23. The third-order valence-corrected chi connectivity index (χ3v) is 4.63. The van der Waals surface area contributed by atoms with Gasteiger partial charge in [0.25, 0.3) is 5.91 Å². The third-order valence-electron chi connectivity index (χ3n) is 4.63. The van der Waals surface area contributed by atoms with E-state index in [1.54, 1.807) is 12.3 Å². The van der Waals surface area contributed by atoms with E-state index < -0.39 is 5.82 Å². The fraction of sp³-hybridized carbons (Fsp3) is 0.333. The zero-order valence-corrected chi connectivity index (χ0v) is 13.7. The lowest BCUT2D eigenvalue weighted by Crippen LogP contribution is -2.30. The lowest BCUT2D eigenvalue weighted by Gasteiger charge is -2.23. The molecule has 2 aromatic heterocycles.